The molecule has 0 saturated carbocycles. The molecule has 1 N–H and O–H groups in total. The van der Waals surface area contributed by atoms with Gasteiger partial charge in [-0.3, -0.25) is 29.8 Å². The SMILES string of the molecule is O=C(COC(=O)[C@@H]1CS[C@]2(c3ccc(F)cc3)CCC(=O)N12)NC(=O)c1cccc([N+](=O)[O-])c1. The fourth-order valence-corrected chi connectivity index (χ4v) is 5.69. The zero-order chi connectivity index (χ0) is 24.5. The number of imide groups is 1. The van der Waals surface area contributed by atoms with Gasteiger partial charge in [-0.2, -0.15) is 0 Å². The number of non-ortho nitro benzene ring substituents is 1. The van der Waals surface area contributed by atoms with Gasteiger partial charge in [0.1, 0.15) is 16.7 Å². The summed E-state index contributed by atoms with van der Waals surface area (Å²) in [5.41, 5.74) is 0.276. The number of amides is 3. The summed E-state index contributed by atoms with van der Waals surface area (Å²) in [6.07, 6.45) is 0.663. The maximum absolute atomic E-state index is 13.4. The van der Waals surface area contributed by atoms with Gasteiger partial charge in [0, 0.05) is 29.9 Å². The van der Waals surface area contributed by atoms with Crippen LogP contribution >= 0.6 is 11.8 Å². The van der Waals surface area contributed by atoms with Crippen molar-refractivity contribution < 1.29 is 33.2 Å². The number of rotatable bonds is 6. The molecule has 2 aromatic rings. The lowest BCUT2D eigenvalue weighted by Gasteiger charge is -2.33. The van der Waals surface area contributed by atoms with Crippen LogP contribution in [0.25, 0.3) is 0 Å². The van der Waals surface area contributed by atoms with E-state index in [0.717, 1.165) is 6.07 Å². The molecular weight excluding hydrogens is 469 g/mol. The largest absolute Gasteiger partial charge is 0.454 e. The maximum atomic E-state index is 13.4. The van der Waals surface area contributed by atoms with Crippen molar-refractivity contribution in [3.8, 4) is 0 Å². The maximum Gasteiger partial charge on any atom is 0.330 e. The summed E-state index contributed by atoms with van der Waals surface area (Å²) >= 11 is 1.38. The van der Waals surface area contributed by atoms with Crippen molar-refractivity contribution in [3.63, 3.8) is 0 Å². The van der Waals surface area contributed by atoms with Gasteiger partial charge >= 0.3 is 5.97 Å². The molecule has 176 valence electrons. The molecule has 0 spiro atoms. The topological polar surface area (TPSA) is 136 Å². The number of nitro groups is 1. The Bertz CT molecular complexity index is 1190. The molecule has 0 aromatic heterocycles. The number of carbonyl (C=O) groups excluding carboxylic acids is 4. The lowest BCUT2D eigenvalue weighted by atomic mass is 10.0. The van der Waals surface area contributed by atoms with Crippen LogP contribution in [0.2, 0.25) is 0 Å². The molecule has 0 radical (unpaired) electrons. The van der Waals surface area contributed by atoms with Crippen molar-refractivity contribution in [2.45, 2.75) is 23.8 Å². The Hall–Kier alpha value is -3.80. The fourth-order valence-electron chi connectivity index (χ4n) is 4.06. The molecule has 0 unspecified atom stereocenters. The van der Waals surface area contributed by atoms with Crippen LogP contribution in [-0.2, 0) is 24.0 Å². The summed E-state index contributed by atoms with van der Waals surface area (Å²) in [5.74, 6) is -3.04. The second kappa shape index (κ2) is 9.21. The van der Waals surface area contributed by atoms with Crippen LogP contribution < -0.4 is 5.32 Å². The quantitative estimate of drug-likeness (QED) is 0.372. The molecule has 34 heavy (non-hydrogen) atoms. The number of nitrogens with one attached hydrogen (secondary N) is 1. The fraction of sp³-hybridized carbons (Fsp3) is 0.273. The van der Waals surface area contributed by atoms with E-state index >= 15 is 0 Å². The number of carbonyl (C=O) groups is 4. The van der Waals surface area contributed by atoms with Gasteiger partial charge in [-0.1, -0.05) is 18.2 Å². The molecule has 0 aliphatic carbocycles. The lowest BCUT2D eigenvalue weighted by Crippen LogP contribution is -2.47. The molecule has 2 aliphatic heterocycles. The minimum atomic E-state index is -0.940. The summed E-state index contributed by atoms with van der Waals surface area (Å²) in [5, 5.41) is 12.8. The van der Waals surface area contributed by atoms with E-state index in [9.17, 15) is 33.7 Å². The Morgan fingerprint density at radius 3 is 2.68 bits per heavy atom. The number of ether oxygens (including phenoxy) is 1. The normalized spacial score (nSPS) is 21.1. The predicted octanol–water partition coefficient (Wildman–Crippen LogP) is 2.12. The summed E-state index contributed by atoms with van der Waals surface area (Å²) in [6, 6.07) is 9.61. The molecule has 2 aromatic carbocycles. The van der Waals surface area contributed by atoms with Gasteiger partial charge in [0.25, 0.3) is 17.5 Å². The first-order valence-corrected chi connectivity index (χ1v) is 11.2. The van der Waals surface area contributed by atoms with Crippen LogP contribution in [0.15, 0.2) is 48.5 Å². The molecule has 0 bridgehead atoms. The Kier molecular flexibility index (Phi) is 6.33. The summed E-state index contributed by atoms with van der Waals surface area (Å²) in [4.78, 5) is 60.4. The molecule has 2 fully saturated rings. The van der Waals surface area contributed by atoms with E-state index in [1.54, 1.807) is 12.1 Å². The Balaban J connectivity index is 1.38. The first-order valence-electron chi connectivity index (χ1n) is 10.2. The van der Waals surface area contributed by atoms with E-state index in [1.807, 2.05) is 5.32 Å². The number of hydrogen-bond donors (Lipinski definition) is 1. The second-order valence-electron chi connectivity index (χ2n) is 7.67. The number of nitrogens with zero attached hydrogens (tertiary/aromatic N) is 2. The van der Waals surface area contributed by atoms with E-state index in [1.165, 1.54) is 47.0 Å². The van der Waals surface area contributed by atoms with Crippen LogP contribution in [0.1, 0.15) is 28.8 Å². The van der Waals surface area contributed by atoms with Crippen molar-refractivity contribution in [2.24, 2.45) is 0 Å². The molecule has 2 heterocycles. The van der Waals surface area contributed by atoms with E-state index < -0.39 is 46.0 Å². The Labute approximate surface area is 196 Å². The Morgan fingerprint density at radius 1 is 1.24 bits per heavy atom. The third-order valence-electron chi connectivity index (χ3n) is 5.61. The van der Waals surface area contributed by atoms with Crippen molar-refractivity contribution in [1.82, 2.24) is 10.2 Å². The van der Waals surface area contributed by atoms with Gasteiger partial charge < -0.3 is 9.64 Å². The minimum absolute atomic E-state index is 0.104. The van der Waals surface area contributed by atoms with Gasteiger partial charge in [-0.05, 0) is 30.2 Å². The standard InChI is InChI=1S/C22H18FN3O7S/c23-15-6-4-14(5-7-15)22-9-8-19(28)25(22)17(12-34-22)21(30)33-11-18(27)24-20(29)13-2-1-3-16(10-13)26(31)32/h1-7,10,17H,8-9,11-12H2,(H,24,27,29)/t17-,22-/m0/s1. The number of benzene rings is 2. The van der Waals surface area contributed by atoms with Gasteiger partial charge in [0.15, 0.2) is 6.61 Å². The minimum Gasteiger partial charge on any atom is -0.454 e. The van der Waals surface area contributed by atoms with Crippen molar-refractivity contribution in [2.75, 3.05) is 12.4 Å². The third kappa shape index (κ3) is 4.36. The average Bonchev–Trinajstić information content (AvgIpc) is 3.37. The zero-order valence-electron chi connectivity index (χ0n) is 17.6. The molecule has 4 rings (SSSR count). The molecule has 10 nitrogen and oxygen atoms in total. The molecule has 12 heteroatoms. The molecule has 2 atom stereocenters. The highest BCUT2D eigenvalue weighted by Gasteiger charge is 2.57. The van der Waals surface area contributed by atoms with E-state index in [-0.39, 0.29) is 29.3 Å². The number of hydrogen-bond acceptors (Lipinski definition) is 8. The van der Waals surface area contributed by atoms with Gasteiger partial charge in [-0.25, -0.2) is 9.18 Å². The molecular formula is C22H18FN3O7S. The number of thioether (sulfide) groups is 1. The smallest absolute Gasteiger partial charge is 0.330 e. The second-order valence-corrected chi connectivity index (χ2v) is 8.97. The highest BCUT2D eigenvalue weighted by atomic mass is 32.2. The van der Waals surface area contributed by atoms with Gasteiger partial charge in [0.05, 0.1) is 4.92 Å². The lowest BCUT2D eigenvalue weighted by molar-refractivity contribution is -0.384. The number of esters is 1. The van der Waals surface area contributed by atoms with Gasteiger partial charge in [-0.15, -0.1) is 11.8 Å². The zero-order valence-corrected chi connectivity index (χ0v) is 18.4. The van der Waals surface area contributed by atoms with Crippen molar-refractivity contribution in [1.29, 1.82) is 0 Å². The van der Waals surface area contributed by atoms with Gasteiger partial charge in [0.2, 0.25) is 5.91 Å². The monoisotopic (exact) mass is 487 g/mol. The van der Waals surface area contributed by atoms with Crippen molar-refractivity contribution >= 4 is 41.1 Å². The number of nitro benzene ring substituents is 1. The number of halogens is 1. The third-order valence-corrected chi connectivity index (χ3v) is 7.21. The Morgan fingerprint density at radius 2 is 1.97 bits per heavy atom. The van der Waals surface area contributed by atoms with Crippen LogP contribution in [-0.4, -0.2) is 51.9 Å². The summed E-state index contributed by atoms with van der Waals surface area (Å²) in [6.45, 7) is -0.772. The van der Waals surface area contributed by atoms with E-state index in [4.69, 9.17) is 4.74 Å². The molecule has 2 aliphatic rings. The van der Waals surface area contributed by atoms with E-state index in [0.29, 0.717) is 12.0 Å². The molecule has 3 amide bonds. The first-order chi connectivity index (χ1) is 16.2. The van der Waals surface area contributed by atoms with Crippen LogP contribution in [0.4, 0.5) is 10.1 Å². The van der Waals surface area contributed by atoms with Crippen LogP contribution in [0.5, 0.6) is 0 Å². The van der Waals surface area contributed by atoms with Crippen LogP contribution in [0.3, 0.4) is 0 Å². The summed E-state index contributed by atoms with van der Waals surface area (Å²) < 4.78 is 18.4. The predicted molar refractivity (Wildman–Crippen MR) is 117 cm³/mol. The first kappa shape index (κ1) is 23.4. The van der Waals surface area contributed by atoms with Crippen LogP contribution in [0, 0.1) is 15.9 Å². The van der Waals surface area contributed by atoms with Crippen molar-refractivity contribution in [3.05, 3.63) is 75.6 Å². The van der Waals surface area contributed by atoms with E-state index in [2.05, 4.69) is 0 Å². The molecule has 2 saturated heterocycles. The summed E-state index contributed by atoms with van der Waals surface area (Å²) in [7, 11) is 0. The highest BCUT2D eigenvalue weighted by Crippen LogP contribution is 2.54. The average molecular weight is 487 g/mol. The number of fused-ring (bicyclic) bond motifs is 1. The highest BCUT2D eigenvalue weighted by molar-refractivity contribution is 8.00.